The van der Waals surface area contributed by atoms with E-state index in [-0.39, 0.29) is 31.7 Å². The first-order valence-electron chi connectivity index (χ1n) is 11.1. The third-order valence-corrected chi connectivity index (χ3v) is 8.99. The van der Waals surface area contributed by atoms with Crippen molar-refractivity contribution in [3.05, 3.63) is 12.3 Å². The predicted octanol–water partition coefficient (Wildman–Crippen LogP) is 0.271. The van der Waals surface area contributed by atoms with Gasteiger partial charge >= 0.3 is 0 Å². The van der Waals surface area contributed by atoms with Gasteiger partial charge in [-0.2, -0.15) is 4.31 Å². The van der Waals surface area contributed by atoms with Crippen molar-refractivity contribution in [2.24, 2.45) is 16.6 Å². The van der Waals surface area contributed by atoms with Crippen molar-refractivity contribution in [1.29, 1.82) is 0 Å². The average molecular weight is 465 g/mol. The van der Waals surface area contributed by atoms with Crippen LogP contribution >= 0.6 is 0 Å². The van der Waals surface area contributed by atoms with Gasteiger partial charge in [-0.05, 0) is 18.8 Å². The Morgan fingerprint density at radius 3 is 2.53 bits per heavy atom. The minimum absolute atomic E-state index is 0.0508. The number of rotatable bonds is 5. The number of fused-ring (bicyclic) bond motifs is 1. The molecule has 0 bridgehead atoms. The van der Waals surface area contributed by atoms with Crippen molar-refractivity contribution in [3.8, 4) is 0 Å². The van der Waals surface area contributed by atoms with Crippen molar-refractivity contribution in [2.75, 3.05) is 13.1 Å². The molecule has 1 aliphatic carbocycles. The van der Waals surface area contributed by atoms with E-state index in [0.29, 0.717) is 12.3 Å². The summed E-state index contributed by atoms with van der Waals surface area (Å²) in [5.41, 5.74) is 3.62. The molecule has 0 aromatic heterocycles. The van der Waals surface area contributed by atoms with Gasteiger partial charge in [0, 0.05) is 25.6 Å². The molecule has 2 N–H and O–H groups in total. The van der Waals surface area contributed by atoms with Gasteiger partial charge in [0.1, 0.15) is 0 Å². The highest BCUT2D eigenvalue weighted by atomic mass is 32.2. The molecule has 3 fully saturated rings. The van der Waals surface area contributed by atoms with Crippen molar-refractivity contribution in [1.82, 2.24) is 9.21 Å². The van der Waals surface area contributed by atoms with E-state index in [4.69, 9.17) is 5.73 Å². The zero-order valence-corrected chi connectivity index (χ0v) is 18.7. The molecule has 2 unspecified atom stereocenters. The van der Waals surface area contributed by atoms with E-state index in [0.717, 1.165) is 30.0 Å². The van der Waals surface area contributed by atoms with E-state index < -0.39 is 50.7 Å². The van der Waals surface area contributed by atoms with Gasteiger partial charge in [-0.1, -0.05) is 38.2 Å². The zero-order chi connectivity index (χ0) is 23.1. The van der Waals surface area contributed by atoms with Crippen LogP contribution in [0.4, 0.5) is 0 Å². The van der Waals surface area contributed by atoms with Crippen LogP contribution in [0.5, 0.6) is 0 Å². The first-order valence-corrected chi connectivity index (χ1v) is 12.6. The molecule has 3 heterocycles. The van der Waals surface area contributed by atoms with Crippen LogP contribution in [0, 0.1) is 5.92 Å². The van der Waals surface area contributed by atoms with Gasteiger partial charge in [0.2, 0.25) is 11.0 Å². The molecule has 11 heteroatoms. The standard InChI is InChI=1S/C21H28N4O6S/c22-20(29)21-16(10-12-24(21)18(28)9-8-14-5-2-1-3-6-14)25(13-17(21)27)32(30,31)19-15(26)7-4-11-23-19/h4,11,14,16H,1-3,5-10,12-13H2,(H2,22,29). The number of Topliss-reactive ketones (excluding diaryl/α,β-unsaturated/α-hetero) is 2. The number of nitrogens with two attached hydrogens (primary N) is 1. The Balaban J connectivity index is 1.60. The molecule has 10 nitrogen and oxygen atoms in total. The molecule has 1 saturated carbocycles. The minimum Gasteiger partial charge on any atom is -0.367 e. The van der Waals surface area contributed by atoms with Crippen LogP contribution in [0.25, 0.3) is 0 Å². The Hall–Kier alpha value is -2.40. The van der Waals surface area contributed by atoms with Crippen LogP contribution in [0.2, 0.25) is 0 Å². The lowest BCUT2D eigenvalue weighted by Gasteiger charge is -2.35. The topological polar surface area (TPSA) is 147 Å². The molecule has 4 aliphatic rings. The van der Waals surface area contributed by atoms with E-state index in [1.54, 1.807) is 0 Å². The Bertz CT molecular complexity index is 1010. The van der Waals surface area contributed by atoms with Crippen molar-refractivity contribution < 1.29 is 27.6 Å². The van der Waals surface area contributed by atoms with Crippen molar-refractivity contribution in [3.63, 3.8) is 0 Å². The van der Waals surface area contributed by atoms with Crippen LogP contribution < -0.4 is 5.73 Å². The van der Waals surface area contributed by atoms with Gasteiger partial charge in [-0.3, -0.25) is 19.2 Å². The summed E-state index contributed by atoms with van der Waals surface area (Å²) < 4.78 is 27.2. The second-order valence-electron chi connectivity index (χ2n) is 8.94. The van der Waals surface area contributed by atoms with Crippen molar-refractivity contribution >= 4 is 38.4 Å². The summed E-state index contributed by atoms with van der Waals surface area (Å²) in [5, 5.41) is -0.657. The summed E-state index contributed by atoms with van der Waals surface area (Å²) in [5.74, 6) is -2.38. The van der Waals surface area contributed by atoms with E-state index >= 15 is 0 Å². The lowest BCUT2D eigenvalue weighted by molar-refractivity contribution is -0.149. The fourth-order valence-electron chi connectivity index (χ4n) is 5.59. The lowest BCUT2D eigenvalue weighted by Crippen LogP contribution is -2.64. The first-order chi connectivity index (χ1) is 15.2. The van der Waals surface area contributed by atoms with Gasteiger partial charge in [0.15, 0.2) is 17.1 Å². The van der Waals surface area contributed by atoms with Gasteiger partial charge in [-0.15, -0.1) is 0 Å². The molecule has 2 amide bonds. The molecular formula is C21H28N4O6S. The predicted molar refractivity (Wildman–Crippen MR) is 115 cm³/mol. The minimum atomic E-state index is -4.43. The highest BCUT2D eigenvalue weighted by Crippen LogP contribution is 2.42. The largest absolute Gasteiger partial charge is 0.367 e. The lowest BCUT2D eigenvalue weighted by atomic mass is 9.85. The van der Waals surface area contributed by atoms with Crippen LogP contribution in [0.15, 0.2) is 17.3 Å². The van der Waals surface area contributed by atoms with E-state index in [1.165, 1.54) is 23.6 Å². The molecule has 0 aromatic carbocycles. The summed E-state index contributed by atoms with van der Waals surface area (Å²) in [7, 11) is -4.43. The molecule has 174 valence electrons. The van der Waals surface area contributed by atoms with Gasteiger partial charge in [-0.25, -0.2) is 13.4 Å². The number of hydrogen-bond donors (Lipinski definition) is 1. The number of sulfonamides is 1. The smallest absolute Gasteiger partial charge is 0.264 e. The highest BCUT2D eigenvalue weighted by Gasteiger charge is 2.68. The van der Waals surface area contributed by atoms with Gasteiger partial charge in [0.25, 0.3) is 15.9 Å². The second kappa shape index (κ2) is 8.51. The number of amides is 2. The second-order valence-corrected chi connectivity index (χ2v) is 10.7. The summed E-state index contributed by atoms with van der Waals surface area (Å²) in [6.07, 6.45) is 9.08. The van der Waals surface area contributed by atoms with E-state index in [1.807, 2.05) is 0 Å². The van der Waals surface area contributed by atoms with Crippen molar-refractivity contribution in [2.45, 2.75) is 69.4 Å². The molecule has 0 radical (unpaired) electrons. The van der Waals surface area contributed by atoms with Gasteiger partial charge < -0.3 is 10.6 Å². The SMILES string of the molecule is NC(=O)C12C(=O)CN(S(=O)(=O)C3=NC=CCC3=O)C1CCN2C(=O)CCC1CCCCC1. The monoisotopic (exact) mass is 464 g/mol. The fraction of sp³-hybridized carbons (Fsp3) is 0.667. The maximum Gasteiger partial charge on any atom is 0.264 e. The number of allylic oxidation sites excluding steroid dienone is 1. The van der Waals surface area contributed by atoms with Crippen LogP contribution in [0.1, 0.15) is 57.8 Å². The maximum atomic E-state index is 13.2. The number of primary amides is 1. The Kier molecular flexibility index (Phi) is 6.06. The molecule has 4 rings (SSSR count). The number of carbonyl (C=O) groups is 4. The summed E-state index contributed by atoms with van der Waals surface area (Å²) in [6, 6.07) is -1.14. The first kappa shape index (κ1) is 22.8. The van der Waals surface area contributed by atoms with E-state index in [9.17, 15) is 27.6 Å². The highest BCUT2D eigenvalue weighted by molar-refractivity contribution is 8.06. The number of nitrogens with zero attached hydrogens (tertiary/aromatic N) is 3. The van der Waals surface area contributed by atoms with Crippen LogP contribution in [0.3, 0.4) is 0 Å². The summed E-state index contributed by atoms with van der Waals surface area (Å²) in [6.45, 7) is -0.576. The van der Waals surface area contributed by atoms with Crippen LogP contribution in [-0.4, -0.2) is 70.7 Å². The number of hydrogen-bond acceptors (Lipinski definition) is 7. The van der Waals surface area contributed by atoms with Crippen LogP contribution in [-0.2, 0) is 29.2 Å². The van der Waals surface area contributed by atoms with Gasteiger partial charge in [0.05, 0.1) is 12.6 Å². The summed E-state index contributed by atoms with van der Waals surface area (Å²) in [4.78, 5) is 55.9. The molecular weight excluding hydrogens is 436 g/mol. The molecule has 0 aromatic rings. The average Bonchev–Trinajstić information content (AvgIpc) is 3.30. The maximum absolute atomic E-state index is 13.2. The van der Waals surface area contributed by atoms with E-state index in [2.05, 4.69) is 4.99 Å². The fourth-order valence-corrected chi connectivity index (χ4v) is 7.25. The summed E-state index contributed by atoms with van der Waals surface area (Å²) >= 11 is 0. The Labute approximate surface area is 186 Å². The number of ketones is 2. The normalized spacial score (nSPS) is 29.3. The third-order valence-electron chi connectivity index (χ3n) is 7.17. The molecule has 0 spiro atoms. The molecule has 2 atom stereocenters. The number of likely N-dealkylation sites (tertiary alicyclic amines) is 1. The number of carbonyl (C=O) groups excluding carboxylic acids is 4. The quantitative estimate of drug-likeness (QED) is 0.578. The Morgan fingerprint density at radius 1 is 1.16 bits per heavy atom. The Morgan fingerprint density at radius 2 is 1.88 bits per heavy atom. The molecule has 32 heavy (non-hydrogen) atoms. The number of aliphatic imine (C=N–C) groups is 1. The zero-order valence-electron chi connectivity index (χ0n) is 17.9. The molecule has 3 aliphatic heterocycles. The molecule has 2 saturated heterocycles. The third kappa shape index (κ3) is 3.51.